The van der Waals surface area contributed by atoms with Crippen LogP contribution in [0.25, 0.3) is 0 Å². The molecule has 5 nitrogen and oxygen atoms in total. The van der Waals surface area contributed by atoms with Gasteiger partial charge >= 0.3 is 0 Å². The normalized spacial score (nSPS) is 21.6. The first-order valence-corrected chi connectivity index (χ1v) is 8.99. The molecule has 2 amide bonds. The molecular weight excluding hydrogens is 328 g/mol. The summed E-state index contributed by atoms with van der Waals surface area (Å²) in [4.78, 5) is 26.9. The minimum absolute atomic E-state index is 0.0403. The van der Waals surface area contributed by atoms with Gasteiger partial charge in [0.1, 0.15) is 5.75 Å². The molecule has 0 saturated carbocycles. The van der Waals surface area contributed by atoms with Crippen LogP contribution in [-0.4, -0.2) is 25.5 Å². The number of rotatable bonds is 4. The van der Waals surface area contributed by atoms with Gasteiger partial charge in [-0.25, -0.2) is 0 Å². The van der Waals surface area contributed by atoms with Gasteiger partial charge in [-0.2, -0.15) is 0 Å². The minimum Gasteiger partial charge on any atom is -0.495 e. The van der Waals surface area contributed by atoms with E-state index < -0.39 is 0 Å². The third-order valence-corrected chi connectivity index (χ3v) is 5.32. The summed E-state index contributed by atoms with van der Waals surface area (Å²) in [5, 5.41) is 3.15. The van der Waals surface area contributed by atoms with Crippen molar-refractivity contribution in [3.63, 3.8) is 0 Å². The smallest absolute Gasteiger partial charge is 0.227 e. The highest BCUT2D eigenvalue weighted by Gasteiger charge is 2.37. The molecule has 26 heavy (non-hydrogen) atoms. The van der Waals surface area contributed by atoms with Crippen LogP contribution in [0, 0.1) is 5.92 Å². The molecule has 2 aromatic carbocycles. The highest BCUT2D eigenvalue weighted by atomic mass is 16.5. The van der Waals surface area contributed by atoms with Crippen molar-refractivity contribution >= 4 is 17.5 Å². The monoisotopic (exact) mass is 350 g/mol. The summed E-state index contributed by atoms with van der Waals surface area (Å²) in [7, 11) is 1.58. The number of carbonyl (C=O) groups excluding carboxylic acids is 2. The van der Waals surface area contributed by atoms with E-state index in [1.807, 2.05) is 36.4 Å². The maximum atomic E-state index is 12.8. The van der Waals surface area contributed by atoms with Crippen LogP contribution in [0.2, 0.25) is 0 Å². The quantitative estimate of drug-likeness (QED) is 0.922. The number of ether oxygens (including phenoxy) is 1. The van der Waals surface area contributed by atoms with E-state index in [0.717, 1.165) is 18.5 Å². The lowest BCUT2D eigenvalue weighted by Gasteiger charge is -2.20. The summed E-state index contributed by atoms with van der Waals surface area (Å²) in [5.41, 5.74) is 3.23. The van der Waals surface area contributed by atoms with Gasteiger partial charge in [0.15, 0.2) is 0 Å². The fraction of sp³-hybridized carbons (Fsp3) is 0.333. The van der Waals surface area contributed by atoms with Crippen LogP contribution in [0.3, 0.4) is 0 Å². The molecule has 0 bridgehead atoms. The fourth-order valence-corrected chi connectivity index (χ4v) is 3.97. The number of fused-ring (bicyclic) bond motifs is 1. The average Bonchev–Trinajstić information content (AvgIpc) is 3.25. The largest absolute Gasteiger partial charge is 0.495 e. The lowest BCUT2D eigenvalue weighted by molar-refractivity contribution is -0.127. The third-order valence-electron chi connectivity index (χ3n) is 5.32. The van der Waals surface area contributed by atoms with Gasteiger partial charge in [-0.1, -0.05) is 36.4 Å². The average molecular weight is 350 g/mol. The number of methoxy groups -OCH3 is 1. The van der Waals surface area contributed by atoms with Gasteiger partial charge in [0.05, 0.1) is 24.8 Å². The summed E-state index contributed by atoms with van der Waals surface area (Å²) in [6, 6.07) is 15.7. The zero-order valence-corrected chi connectivity index (χ0v) is 14.8. The van der Waals surface area contributed by atoms with Gasteiger partial charge in [0.2, 0.25) is 11.8 Å². The molecule has 4 rings (SSSR count). The van der Waals surface area contributed by atoms with Crippen LogP contribution in [0.5, 0.6) is 5.75 Å². The number of para-hydroxylation sites is 2. The molecule has 1 N–H and O–H groups in total. The third kappa shape index (κ3) is 2.94. The molecule has 1 aliphatic carbocycles. The SMILES string of the molecule is COc1ccccc1N1CC(C(=O)NC2CCc3ccccc32)CC1=O. The van der Waals surface area contributed by atoms with Crippen LogP contribution in [-0.2, 0) is 16.0 Å². The Morgan fingerprint density at radius 2 is 1.92 bits per heavy atom. The van der Waals surface area contributed by atoms with E-state index in [0.29, 0.717) is 12.3 Å². The number of aryl methyl sites for hydroxylation is 1. The van der Waals surface area contributed by atoms with Crippen LogP contribution in [0.4, 0.5) is 5.69 Å². The summed E-state index contributed by atoms with van der Waals surface area (Å²) >= 11 is 0. The number of nitrogens with zero attached hydrogens (tertiary/aromatic N) is 1. The van der Waals surface area contributed by atoms with Crippen molar-refractivity contribution in [2.45, 2.75) is 25.3 Å². The second-order valence-corrected chi connectivity index (χ2v) is 6.88. The number of nitrogens with one attached hydrogen (secondary N) is 1. The second-order valence-electron chi connectivity index (χ2n) is 6.88. The van der Waals surface area contributed by atoms with Gasteiger partial charge in [-0.05, 0) is 36.1 Å². The summed E-state index contributed by atoms with van der Waals surface area (Å²) in [5.74, 6) is 0.228. The molecule has 5 heteroatoms. The van der Waals surface area contributed by atoms with Gasteiger partial charge in [-0.15, -0.1) is 0 Å². The van der Waals surface area contributed by atoms with Crippen molar-refractivity contribution in [2.75, 3.05) is 18.6 Å². The predicted octanol–water partition coefficient (Wildman–Crippen LogP) is 2.85. The van der Waals surface area contributed by atoms with Crippen LogP contribution < -0.4 is 15.0 Å². The standard InChI is InChI=1S/C21H22N2O3/c1-26-19-9-5-4-8-18(19)23-13-15(12-20(23)24)21(25)22-17-11-10-14-6-2-3-7-16(14)17/h2-9,15,17H,10-13H2,1H3,(H,22,25). The Morgan fingerprint density at radius 1 is 1.15 bits per heavy atom. The zero-order valence-electron chi connectivity index (χ0n) is 14.8. The number of benzene rings is 2. The molecule has 0 radical (unpaired) electrons. The van der Waals surface area contributed by atoms with Crippen molar-refractivity contribution < 1.29 is 14.3 Å². The number of amides is 2. The molecule has 2 unspecified atom stereocenters. The number of hydrogen-bond acceptors (Lipinski definition) is 3. The predicted molar refractivity (Wildman–Crippen MR) is 99.1 cm³/mol. The first kappa shape index (κ1) is 16.6. The topological polar surface area (TPSA) is 58.6 Å². The lowest BCUT2D eigenvalue weighted by atomic mass is 10.1. The fourth-order valence-electron chi connectivity index (χ4n) is 3.97. The van der Waals surface area contributed by atoms with E-state index in [-0.39, 0.29) is 30.2 Å². The van der Waals surface area contributed by atoms with E-state index in [4.69, 9.17) is 4.74 Å². The molecular formula is C21H22N2O3. The van der Waals surface area contributed by atoms with E-state index in [1.165, 1.54) is 11.1 Å². The van der Waals surface area contributed by atoms with E-state index in [1.54, 1.807) is 12.0 Å². The molecule has 2 atom stereocenters. The van der Waals surface area contributed by atoms with Gasteiger partial charge in [0, 0.05) is 13.0 Å². The highest BCUT2D eigenvalue weighted by Crippen LogP contribution is 2.34. The molecule has 1 aliphatic heterocycles. The molecule has 2 aromatic rings. The van der Waals surface area contributed by atoms with Crippen molar-refractivity contribution in [3.8, 4) is 5.75 Å². The molecule has 1 saturated heterocycles. The Kier molecular flexibility index (Phi) is 4.37. The van der Waals surface area contributed by atoms with Gasteiger partial charge in [-0.3, -0.25) is 9.59 Å². The van der Waals surface area contributed by atoms with E-state index >= 15 is 0 Å². The Morgan fingerprint density at radius 3 is 2.77 bits per heavy atom. The Hall–Kier alpha value is -2.82. The molecule has 1 fully saturated rings. The van der Waals surface area contributed by atoms with Crippen LogP contribution in [0.1, 0.15) is 30.0 Å². The number of carbonyl (C=O) groups is 2. The van der Waals surface area contributed by atoms with Gasteiger partial charge in [0.25, 0.3) is 0 Å². The lowest BCUT2D eigenvalue weighted by Crippen LogP contribution is -2.35. The maximum Gasteiger partial charge on any atom is 0.227 e. The van der Waals surface area contributed by atoms with Crippen LogP contribution >= 0.6 is 0 Å². The first-order valence-electron chi connectivity index (χ1n) is 8.99. The first-order chi connectivity index (χ1) is 12.7. The summed E-state index contributed by atoms with van der Waals surface area (Å²) in [6.07, 6.45) is 2.14. The number of hydrogen-bond donors (Lipinski definition) is 1. The van der Waals surface area contributed by atoms with Crippen LogP contribution in [0.15, 0.2) is 48.5 Å². The highest BCUT2D eigenvalue weighted by molar-refractivity contribution is 6.01. The minimum atomic E-state index is -0.333. The molecule has 2 aliphatic rings. The Bertz CT molecular complexity index is 849. The van der Waals surface area contributed by atoms with Crippen molar-refractivity contribution in [3.05, 3.63) is 59.7 Å². The Labute approximate surface area is 153 Å². The number of anilines is 1. The zero-order chi connectivity index (χ0) is 18.1. The molecule has 0 aromatic heterocycles. The van der Waals surface area contributed by atoms with Crippen molar-refractivity contribution in [2.24, 2.45) is 5.92 Å². The van der Waals surface area contributed by atoms with E-state index in [2.05, 4.69) is 17.4 Å². The molecule has 0 spiro atoms. The molecule has 1 heterocycles. The Balaban J connectivity index is 1.46. The molecule has 134 valence electrons. The van der Waals surface area contributed by atoms with Gasteiger partial charge < -0.3 is 15.0 Å². The second kappa shape index (κ2) is 6.83. The maximum absolute atomic E-state index is 12.8. The van der Waals surface area contributed by atoms with Crippen molar-refractivity contribution in [1.82, 2.24) is 5.32 Å². The van der Waals surface area contributed by atoms with Crippen molar-refractivity contribution in [1.29, 1.82) is 0 Å². The van der Waals surface area contributed by atoms with E-state index in [9.17, 15) is 9.59 Å². The summed E-state index contributed by atoms with van der Waals surface area (Å²) < 4.78 is 5.35. The summed E-state index contributed by atoms with van der Waals surface area (Å²) in [6.45, 7) is 0.388.